The highest BCUT2D eigenvalue weighted by Crippen LogP contribution is 2.40. The van der Waals surface area contributed by atoms with Gasteiger partial charge in [0.2, 0.25) is 10.0 Å². The van der Waals surface area contributed by atoms with Gasteiger partial charge in [0.15, 0.2) is 0 Å². The SMILES string of the molecule is Nc1cc(S(=O)(=O)N2CCCC3CCCC32)c(F)cc1Br. The minimum Gasteiger partial charge on any atom is -0.398 e. The van der Waals surface area contributed by atoms with Crippen LogP contribution in [0.3, 0.4) is 0 Å². The van der Waals surface area contributed by atoms with Crippen LogP contribution in [-0.2, 0) is 10.0 Å². The molecule has 2 fully saturated rings. The van der Waals surface area contributed by atoms with E-state index < -0.39 is 15.8 Å². The zero-order valence-electron chi connectivity index (χ0n) is 11.6. The first kappa shape index (κ1) is 15.2. The van der Waals surface area contributed by atoms with Gasteiger partial charge < -0.3 is 5.73 Å². The maximum atomic E-state index is 14.1. The molecule has 1 heterocycles. The van der Waals surface area contributed by atoms with E-state index in [4.69, 9.17) is 5.73 Å². The third kappa shape index (κ3) is 2.59. The molecule has 0 aromatic heterocycles. The third-order valence-electron chi connectivity index (χ3n) is 4.58. The molecule has 2 atom stereocenters. The summed E-state index contributed by atoms with van der Waals surface area (Å²) in [5.41, 5.74) is 5.96. The lowest BCUT2D eigenvalue weighted by molar-refractivity contribution is 0.201. The summed E-state index contributed by atoms with van der Waals surface area (Å²) in [7, 11) is -3.83. The average Bonchev–Trinajstić information content (AvgIpc) is 2.90. The van der Waals surface area contributed by atoms with Crippen molar-refractivity contribution in [2.24, 2.45) is 5.92 Å². The Balaban J connectivity index is 2.02. The Kier molecular flexibility index (Phi) is 4.00. The first-order valence-corrected chi connectivity index (χ1v) is 9.41. The lowest BCUT2D eigenvalue weighted by Crippen LogP contribution is -2.46. The molecule has 1 aliphatic carbocycles. The van der Waals surface area contributed by atoms with Gasteiger partial charge in [-0.25, -0.2) is 12.8 Å². The lowest BCUT2D eigenvalue weighted by atomic mass is 9.94. The zero-order chi connectivity index (χ0) is 15.2. The Hall–Kier alpha value is -0.660. The van der Waals surface area contributed by atoms with Crippen LogP contribution in [0, 0.1) is 11.7 Å². The molecule has 0 bridgehead atoms. The van der Waals surface area contributed by atoms with Crippen molar-refractivity contribution in [2.75, 3.05) is 12.3 Å². The van der Waals surface area contributed by atoms with Crippen LogP contribution in [-0.4, -0.2) is 25.3 Å². The van der Waals surface area contributed by atoms with Crippen molar-refractivity contribution in [3.63, 3.8) is 0 Å². The molecule has 1 saturated carbocycles. The fraction of sp³-hybridized carbons (Fsp3) is 0.571. The van der Waals surface area contributed by atoms with E-state index in [9.17, 15) is 12.8 Å². The van der Waals surface area contributed by atoms with Crippen molar-refractivity contribution in [1.82, 2.24) is 4.31 Å². The Morgan fingerprint density at radius 2 is 1.95 bits per heavy atom. The molecule has 2 unspecified atom stereocenters. The number of anilines is 1. The van der Waals surface area contributed by atoms with Crippen LogP contribution in [0.15, 0.2) is 21.5 Å². The Morgan fingerprint density at radius 1 is 1.24 bits per heavy atom. The van der Waals surface area contributed by atoms with Gasteiger partial charge in [-0.1, -0.05) is 6.42 Å². The van der Waals surface area contributed by atoms with E-state index in [0.717, 1.165) is 38.2 Å². The highest BCUT2D eigenvalue weighted by Gasteiger charge is 2.42. The lowest BCUT2D eigenvalue weighted by Gasteiger charge is -2.36. The quantitative estimate of drug-likeness (QED) is 0.806. The molecule has 2 aliphatic rings. The van der Waals surface area contributed by atoms with E-state index in [1.807, 2.05) is 0 Å². The van der Waals surface area contributed by atoms with Gasteiger partial charge in [-0.05, 0) is 59.7 Å². The summed E-state index contributed by atoms with van der Waals surface area (Å²) >= 11 is 3.11. The van der Waals surface area contributed by atoms with Crippen LogP contribution < -0.4 is 5.73 Å². The summed E-state index contributed by atoms with van der Waals surface area (Å²) in [6, 6.07) is 2.36. The van der Waals surface area contributed by atoms with Crippen LogP contribution in [0.4, 0.5) is 10.1 Å². The fourth-order valence-electron chi connectivity index (χ4n) is 3.58. The second-order valence-corrected chi connectivity index (χ2v) is 8.53. The van der Waals surface area contributed by atoms with Gasteiger partial charge in [0.05, 0.1) is 0 Å². The van der Waals surface area contributed by atoms with Crippen molar-refractivity contribution in [3.8, 4) is 0 Å². The summed E-state index contributed by atoms with van der Waals surface area (Å²) in [6.07, 6.45) is 4.90. The predicted molar refractivity (Wildman–Crippen MR) is 82.8 cm³/mol. The van der Waals surface area contributed by atoms with Crippen molar-refractivity contribution < 1.29 is 12.8 Å². The van der Waals surface area contributed by atoms with Crippen LogP contribution in [0.1, 0.15) is 32.1 Å². The number of hydrogen-bond donors (Lipinski definition) is 1. The van der Waals surface area contributed by atoms with Crippen molar-refractivity contribution in [1.29, 1.82) is 0 Å². The molecule has 7 heteroatoms. The second kappa shape index (κ2) is 5.52. The van der Waals surface area contributed by atoms with Crippen LogP contribution in [0.2, 0.25) is 0 Å². The van der Waals surface area contributed by atoms with Crippen molar-refractivity contribution in [3.05, 3.63) is 22.4 Å². The van der Waals surface area contributed by atoms with E-state index in [-0.39, 0.29) is 16.6 Å². The Labute approximate surface area is 132 Å². The standard InChI is InChI=1S/C14H18BrFN2O2S/c15-10-7-11(16)14(8-12(10)17)21(19,20)18-6-2-4-9-3-1-5-13(9)18/h7-9,13H,1-6,17H2. The van der Waals surface area contributed by atoms with Gasteiger partial charge in [0.25, 0.3) is 0 Å². The van der Waals surface area contributed by atoms with Crippen molar-refractivity contribution in [2.45, 2.75) is 43.0 Å². The Bertz CT molecular complexity index is 665. The number of hydrogen-bond acceptors (Lipinski definition) is 3. The van der Waals surface area contributed by atoms with Crippen molar-refractivity contribution >= 4 is 31.6 Å². The zero-order valence-corrected chi connectivity index (χ0v) is 14.0. The van der Waals surface area contributed by atoms with Gasteiger partial charge in [0, 0.05) is 22.7 Å². The molecule has 4 nitrogen and oxygen atoms in total. The molecule has 1 aromatic carbocycles. The monoisotopic (exact) mass is 376 g/mol. The van der Waals surface area contributed by atoms with E-state index in [1.54, 1.807) is 0 Å². The highest BCUT2D eigenvalue weighted by molar-refractivity contribution is 9.10. The number of halogens is 2. The van der Waals surface area contributed by atoms with Crippen LogP contribution in [0.25, 0.3) is 0 Å². The normalized spacial score (nSPS) is 26.8. The van der Waals surface area contributed by atoms with E-state index in [2.05, 4.69) is 15.9 Å². The third-order valence-corrected chi connectivity index (χ3v) is 7.21. The topological polar surface area (TPSA) is 63.4 Å². The highest BCUT2D eigenvalue weighted by atomic mass is 79.9. The molecule has 0 spiro atoms. The number of sulfonamides is 1. The first-order chi connectivity index (χ1) is 9.91. The summed E-state index contributed by atoms with van der Waals surface area (Å²) < 4.78 is 41.7. The maximum absolute atomic E-state index is 14.1. The largest absolute Gasteiger partial charge is 0.398 e. The Morgan fingerprint density at radius 3 is 2.71 bits per heavy atom. The minimum absolute atomic E-state index is 0.0213. The first-order valence-electron chi connectivity index (χ1n) is 7.17. The smallest absolute Gasteiger partial charge is 0.246 e. The van der Waals surface area contributed by atoms with Gasteiger partial charge >= 0.3 is 0 Å². The molecule has 3 rings (SSSR count). The van der Waals surface area contributed by atoms with Gasteiger partial charge in [-0.2, -0.15) is 4.31 Å². The summed E-state index contributed by atoms with van der Waals surface area (Å²) in [5.74, 6) is -0.333. The van der Waals surface area contributed by atoms with Crippen LogP contribution >= 0.6 is 15.9 Å². The predicted octanol–water partition coefficient (Wildman–Crippen LogP) is 3.12. The number of nitrogens with two attached hydrogens (primary N) is 1. The minimum atomic E-state index is -3.83. The molecule has 1 aromatic rings. The second-order valence-electron chi connectivity index (χ2n) is 5.82. The average molecular weight is 377 g/mol. The summed E-state index contributed by atoms with van der Waals surface area (Å²) in [4.78, 5) is -0.309. The maximum Gasteiger partial charge on any atom is 0.246 e. The number of nitrogens with zero attached hydrogens (tertiary/aromatic N) is 1. The molecule has 116 valence electrons. The number of piperidine rings is 1. The molecule has 1 aliphatic heterocycles. The molecule has 2 N–H and O–H groups in total. The molecule has 0 amide bonds. The molecule has 0 radical (unpaired) electrons. The van der Waals surface area contributed by atoms with E-state index >= 15 is 0 Å². The molecule has 21 heavy (non-hydrogen) atoms. The number of benzene rings is 1. The molecular formula is C14H18BrFN2O2S. The van der Waals surface area contributed by atoms with E-state index in [1.165, 1.54) is 10.4 Å². The summed E-state index contributed by atoms with van der Waals surface area (Å²) in [6.45, 7) is 0.471. The fourth-order valence-corrected chi connectivity index (χ4v) is 5.73. The van der Waals surface area contributed by atoms with Gasteiger partial charge in [0.1, 0.15) is 10.7 Å². The molecule has 1 saturated heterocycles. The van der Waals surface area contributed by atoms with Crippen LogP contribution in [0.5, 0.6) is 0 Å². The summed E-state index contributed by atoms with van der Waals surface area (Å²) in [5, 5.41) is 0. The van der Waals surface area contributed by atoms with Gasteiger partial charge in [-0.15, -0.1) is 0 Å². The van der Waals surface area contributed by atoms with Gasteiger partial charge in [-0.3, -0.25) is 0 Å². The molecular weight excluding hydrogens is 359 g/mol. The number of nitrogen functional groups attached to an aromatic ring is 1. The number of rotatable bonds is 2. The van der Waals surface area contributed by atoms with E-state index in [0.29, 0.717) is 16.9 Å². The number of fused-ring (bicyclic) bond motifs is 1.